The average molecular weight is 421 g/mol. The molecule has 2 aliphatic rings. The number of hydrogen-bond acceptors (Lipinski definition) is 6. The zero-order valence-corrected chi connectivity index (χ0v) is 19.1. The van der Waals surface area contributed by atoms with E-state index >= 15 is 0 Å². The van der Waals surface area contributed by atoms with E-state index in [4.69, 9.17) is 14.2 Å². The number of carbonyl (C=O) groups is 2. The number of carbonyl (C=O) groups excluding carboxylic acids is 2. The number of cyclic esters (lactones) is 1. The van der Waals surface area contributed by atoms with Crippen LogP contribution >= 0.6 is 0 Å². The van der Waals surface area contributed by atoms with E-state index in [1.54, 1.807) is 0 Å². The molecule has 0 saturated carbocycles. The Bertz CT molecular complexity index is 732. The molecule has 5 atom stereocenters. The second-order valence-electron chi connectivity index (χ2n) is 8.64. The molecule has 1 aliphatic carbocycles. The van der Waals surface area contributed by atoms with Crippen molar-refractivity contribution >= 4 is 11.8 Å². The van der Waals surface area contributed by atoms with Crippen LogP contribution in [0.15, 0.2) is 34.8 Å². The Morgan fingerprint density at radius 3 is 2.40 bits per heavy atom. The number of esters is 1. The molecule has 0 aromatic heterocycles. The van der Waals surface area contributed by atoms with Gasteiger partial charge in [0, 0.05) is 18.3 Å². The van der Waals surface area contributed by atoms with Crippen LogP contribution < -0.4 is 0 Å². The molecule has 6 nitrogen and oxygen atoms in total. The highest BCUT2D eigenvalue weighted by molar-refractivity contribution is 5.97. The molecule has 1 aliphatic heterocycles. The first-order valence-electron chi connectivity index (χ1n) is 10.8. The van der Waals surface area contributed by atoms with Gasteiger partial charge in [-0.25, -0.2) is 0 Å². The molecule has 1 fully saturated rings. The van der Waals surface area contributed by atoms with E-state index in [9.17, 15) is 14.7 Å². The van der Waals surface area contributed by atoms with Crippen molar-refractivity contribution < 1.29 is 28.9 Å². The van der Waals surface area contributed by atoms with Crippen molar-refractivity contribution in [3.8, 4) is 0 Å². The lowest BCUT2D eigenvalue weighted by molar-refractivity contribution is -0.143. The van der Waals surface area contributed by atoms with Crippen molar-refractivity contribution in [2.75, 3.05) is 14.2 Å². The first-order chi connectivity index (χ1) is 14.2. The Labute approximate surface area is 180 Å². The minimum atomic E-state index is -0.861. The van der Waals surface area contributed by atoms with Crippen molar-refractivity contribution in [2.24, 2.45) is 17.8 Å². The van der Waals surface area contributed by atoms with Crippen LogP contribution in [-0.2, 0) is 23.8 Å². The highest BCUT2D eigenvalue weighted by Crippen LogP contribution is 2.35. The van der Waals surface area contributed by atoms with Crippen molar-refractivity contribution in [3.63, 3.8) is 0 Å². The van der Waals surface area contributed by atoms with Crippen molar-refractivity contribution in [2.45, 2.75) is 72.0 Å². The van der Waals surface area contributed by atoms with Crippen molar-refractivity contribution in [1.29, 1.82) is 0 Å². The van der Waals surface area contributed by atoms with Crippen molar-refractivity contribution in [1.82, 2.24) is 0 Å². The summed E-state index contributed by atoms with van der Waals surface area (Å²) in [4.78, 5) is 24.0. The number of Topliss-reactive ketones (excluding diaryl/α,β-unsaturated/α-hetero) is 1. The fraction of sp³-hybridized carbons (Fsp3) is 0.667. The molecule has 0 aromatic carbocycles. The molecule has 1 N–H and O–H groups in total. The van der Waals surface area contributed by atoms with Crippen LogP contribution in [0.2, 0.25) is 0 Å². The maximum absolute atomic E-state index is 12.5. The lowest BCUT2D eigenvalue weighted by Crippen LogP contribution is -2.40. The molecule has 6 heteroatoms. The van der Waals surface area contributed by atoms with Crippen LogP contribution in [-0.4, -0.2) is 43.3 Å². The summed E-state index contributed by atoms with van der Waals surface area (Å²) in [5.74, 6) is -0.445. The smallest absolute Gasteiger partial charge is 0.309 e. The maximum Gasteiger partial charge on any atom is 0.309 e. The third-order valence-electron chi connectivity index (χ3n) is 6.22. The van der Waals surface area contributed by atoms with E-state index in [-0.39, 0.29) is 47.1 Å². The van der Waals surface area contributed by atoms with Gasteiger partial charge in [-0.05, 0) is 39.5 Å². The Balaban J connectivity index is 1.88. The minimum Gasteiger partial charge on any atom is -0.494 e. The summed E-state index contributed by atoms with van der Waals surface area (Å²) >= 11 is 0. The largest absolute Gasteiger partial charge is 0.494 e. The number of rotatable bonds is 9. The summed E-state index contributed by atoms with van der Waals surface area (Å²) in [6, 6.07) is 0. The van der Waals surface area contributed by atoms with Gasteiger partial charge >= 0.3 is 5.97 Å². The van der Waals surface area contributed by atoms with Gasteiger partial charge in [0.15, 0.2) is 5.76 Å². The lowest BCUT2D eigenvalue weighted by atomic mass is 9.77. The standard InChI is InChI=1S/C24H36O6/c1-14(8-7-9-15(2)12-18-13-16(3)24(27)30-18)10-11-19-17(4)20(25)22(28-5)23(29-6)21(19)26/h9-10,16-19,21,26H,7-8,11-13H2,1-6H3/b14-10+,15-9+/t16-,17-,18-,19-,21-/m1/s1. The summed E-state index contributed by atoms with van der Waals surface area (Å²) in [5, 5.41) is 10.7. The molecule has 1 heterocycles. The zero-order chi connectivity index (χ0) is 22.4. The van der Waals surface area contributed by atoms with Gasteiger partial charge in [0.1, 0.15) is 12.2 Å². The van der Waals surface area contributed by atoms with E-state index in [0.717, 1.165) is 25.7 Å². The number of ether oxygens (including phenoxy) is 3. The van der Waals surface area contributed by atoms with Crippen LogP contribution in [0.3, 0.4) is 0 Å². The lowest BCUT2D eigenvalue weighted by Gasteiger charge is -2.33. The first-order valence-corrected chi connectivity index (χ1v) is 10.8. The molecular weight excluding hydrogens is 384 g/mol. The summed E-state index contributed by atoms with van der Waals surface area (Å²) < 4.78 is 15.8. The maximum atomic E-state index is 12.5. The van der Waals surface area contributed by atoms with Crippen molar-refractivity contribution in [3.05, 3.63) is 34.8 Å². The molecule has 2 rings (SSSR count). The third-order valence-corrected chi connectivity index (χ3v) is 6.22. The van der Waals surface area contributed by atoms with Gasteiger partial charge in [0.2, 0.25) is 11.5 Å². The first kappa shape index (κ1) is 24.2. The molecular formula is C24H36O6. The predicted molar refractivity (Wildman–Crippen MR) is 114 cm³/mol. The SMILES string of the molecule is COC1=C(OC)[C@H](O)[C@H](C/C=C(\C)CC/C=C(\C)C[C@@H]2C[C@@H](C)C(=O)O2)[C@@H](C)C1=O. The Kier molecular flexibility index (Phi) is 8.71. The Hall–Kier alpha value is -2.08. The van der Waals surface area contributed by atoms with Gasteiger partial charge in [0.05, 0.1) is 20.1 Å². The van der Waals surface area contributed by atoms with Crippen LogP contribution in [0, 0.1) is 17.8 Å². The second-order valence-corrected chi connectivity index (χ2v) is 8.64. The number of hydrogen-bond donors (Lipinski definition) is 1. The molecule has 0 bridgehead atoms. The predicted octanol–water partition coefficient (Wildman–Crippen LogP) is 4.09. The molecule has 168 valence electrons. The molecule has 30 heavy (non-hydrogen) atoms. The van der Waals surface area contributed by atoms with E-state index in [1.165, 1.54) is 25.4 Å². The fourth-order valence-electron chi connectivity index (χ4n) is 4.24. The van der Waals surface area contributed by atoms with Gasteiger partial charge in [-0.15, -0.1) is 0 Å². The molecule has 0 spiro atoms. The summed E-state index contributed by atoms with van der Waals surface area (Å²) in [7, 11) is 2.86. The second kappa shape index (κ2) is 10.8. The van der Waals surface area contributed by atoms with Gasteiger partial charge in [0.25, 0.3) is 0 Å². The van der Waals surface area contributed by atoms with E-state index in [1.807, 2.05) is 13.8 Å². The molecule has 0 radical (unpaired) electrons. The van der Waals surface area contributed by atoms with Gasteiger partial charge in [-0.2, -0.15) is 0 Å². The normalized spacial score (nSPS) is 30.6. The number of aliphatic hydroxyl groups excluding tert-OH is 1. The fourth-order valence-corrected chi connectivity index (χ4v) is 4.24. The van der Waals surface area contributed by atoms with Crippen LogP contribution in [0.4, 0.5) is 0 Å². The zero-order valence-electron chi connectivity index (χ0n) is 19.1. The average Bonchev–Trinajstić information content (AvgIpc) is 3.01. The molecule has 0 unspecified atom stereocenters. The number of aliphatic hydroxyl groups is 1. The van der Waals surface area contributed by atoms with Gasteiger partial charge in [-0.1, -0.05) is 37.1 Å². The summed E-state index contributed by atoms with van der Waals surface area (Å²) in [5.41, 5.74) is 2.45. The van der Waals surface area contributed by atoms with E-state index in [0.29, 0.717) is 6.42 Å². The third kappa shape index (κ3) is 5.75. The summed E-state index contributed by atoms with van der Waals surface area (Å²) in [6.45, 7) is 7.88. The number of methoxy groups -OCH3 is 2. The molecule has 0 aromatic rings. The van der Waals surface area contributed by atoms with E-state index < -0.39 is 6.10 Å². The van der Waals surface area contributed by atoms with Crippen LogP contribution in [0.5, 0.6) is 0 Å². The Morgan fingerprint density at radius 2 is 1.83 bits per heavy atom. The molecule has 0 amide bonds. The Morgan fingerprint density at radius 1 is 1.13 bits per heavy atom. The van der Waals surface area contributed by atoms with Gasteiger partial charge < -0.3 is 19.3 Å². The highest BCUT2D eigenvalue weighted by Gasteiger charge is 2.42. The molecule has 1 saturated heterocycles. The van der Waals surface area contributed by atoms with E-state index in [2.05, 4.69) is 26.0 Å². The van der Waals surface area contributed by atoms with Gasteiger partial charge in [-0.3, -0.25) is 9.59 Å². The van der Waals surface area contributed by atoms with Crippen LogP contribution in [0.25, 0.3) is 0 Å². The topological polar surface area (TPSA) is 82.1 Å². The van der Waals surface area contributed by atoms with Crippen LogP contribution in [0.1, 0.15) is 59.8 Å². The number of allylic oxidation sites excluding steroid dienone is 4. The monoisotopic (exact) mass is 420 g/mol. The highest BCUT2D eigenvalue weighted by atomic mass is 16.6. The minimum absolute atomic E-state index is 0.00539. The number of ketones is 1. The quantitative estimate of drug-likeness (QED) is 0.447. The summed E-state index contributed by atoms with van der Waals surface area (Å²) in [6.07, 6.45) is 7.45.